The van der Waals surface area contributed by atoms with Crippen molar-refractivity contribution in [1.29, 1.82) is 0 Å². The van der Waals surface area contributed by atoms with Gasteiger partial charge in [0.25, 0.3) is 0 Å². The molecule has 51 heavy (non-hydrogen) atoms. The Hall–Kier alpha value is -3.10. The summed E-state index contributed by atoms with van der Waals surface area (Å²) < 4.78 is 2.98. The minimum Gasteiger partial charge on any atom is -0.377 e. The molecule has 1 aliphatic heterocycles. The lowest BCUT2D eigenvalue weighted by atomic mass is 10.1. The Kier molecular flexibility index (Phi) is 11.9. The second kappa shape index (κ2) is 15.5. The third-order valence-corrected chi connectivity index (χ3v) is 15.9. The molecule has 1 unspecified atom stereocenters. The lowest BCUT2D eigenvalue weighted by molar-refractivity contribution is 0.537. The molecule has 5 nitrogen and oxygen atoms in total. The van der Waals surface area contributed by atoms with Gasteiger partial charge in [-0.3, -0.25) is 4.67 Å². The third-order valence-electron chi connectivity index (χ3n) is 10.5. The Morgan fingerprint density at radius 1 is 0.431 bits per heavy atom. The van der Waals surface area contributed by atoms with E-state index in [1.165, 1.54) is 101 Å². The van der Waals surface area contributed by atoms with Crippen LogP contribution in [-0.2, 0) is 0 Å². The summed E-state index contributed by atoms with van der Waals surface area (Å²) in [7, 11) is 15.9. The van der Waals surface area contributed by atoms with Gasteiger partial charge in [0, 0.05) is 99.5 Å². The van der Waals surface area contributed by atoms with Crippen molar-refractivity contribution in [3.63, 3.8) is 0 Å². The lowest BCUT2D eigenvalue weighted by Crippen LogP contribution is -2.36. The fourth-order valence-corrected chi connectivity index (χ4v) is 15.9. The number of nitrogens with zero attached hydrogens (tertiary/aromatic N) is 5. The molecule has 0 radical (unpaired) electrons. The van der Waals surface area contributed by atoms with E-state index in [1.807, 2.05) is 0 Å². The van der Waals surface area contributed by atoms with Gasteiger partial charge < -0.3 is 19.6 Å². The fourth-order valence-electron chi connectivity index (χ4n) is 9.25. The molecular weight excluding hydrogens is 660 g/mol. The predicted molar refractivity (Wildman–Crippen MR) is 233 cm³/mol. The van der Waals surface area contributed by atoms with Gasteiger partial charge in [-0.15, -0.1) is 0 Å². The molecule has 0 saturated carbocycles. The molecule has 274 valence electrons. The van der Waals surface area contributed by atoms with Crippen LogP contribution in [0.1, 0.15) is 57.3 Å². The Bertz CT molecular complexity index is 1550. The van der Waals surface area contributed by atoms with Gasteiger partial charge in [-0.1, -0.05) is 0 Å². The first-order valence-corrected chi connectivity index (χ1v) is 21.1. The largest absolute Gasteiger partial charge is 0.377 e. The summed E-state index contributed by atoms with van der Waals surface area (Å²) in [6.07, 6.45) is 2.42. The third kappa shape index (κ3) is 7.69. The first kappa shape index (κ1) is 39.1. The van der Waals surface area contributed by atoms with Gasteiger partial charge >= 0.3 is 0 Å². The second-order valence-corrected chi connectivity index (χ2v) is 20.3. The molecule has 1 saturated heterocycles. The van der Waals surface area contributed by atoms with E-state index in [0.717, 1.165) is 6.54 Å². The van der Waals surface area contributed by atoms with Crippen LogP contribution in [0.25, 0.3) is 0 Å². The molecule has 0 amide bonds. The van der Waals surface area contributed by atoms with Crippen LogP contribution in [0.3, 0.4) is 0 Å². The van der Waals surface area contributed by atoms with E-state index < -0.39 is 16.0 Å². The summed E-state index contributed by atoms with van der Waals surface area (Å²) in [6, 6.07) is 20.1. The summed E-state index contributed by atoms with van der Waals surface area (Å²) in [5, 5.41) is 5.93. The zero-order valence-electron chi connectivity index (χ0n) is 34.4. The van der Waals surface area contributed by atoms with Crippen molar-refractivity contribution >= 4 is 60.0 Å². The molecule has 7 heteroatoms. The van der Waals surface area contributed by atoms with E-state index in [1.54, 1.807) is 0 Å². The molecule has 4 aromatic carbocycles. The Morgan fingerprint density at radius 3 is 0.941 bits per heavy atom. The van der Waals surface area contributed by atoms with Crippen LogP contribution in [0.2, 0.25) is 0 Å². The molecular formula is C44H63N5P2. The predicted octanol–water partition coefficient (Wildman–Crippen LogP) is 8.32. The van der Waals surface area contributed by atoms with Crippen LogP contribution in [0.5, 0.6) is 0 Å². The topological polar surface area (TPSA) is 16.2 Å². The van der Waals surface area contributed by atoms with Crippen LogP contribution in [0.4, 0.5) is 22.7 Å². The van der Waals surface area contributed by atoms with E-state index in [2.05, 4.69) is 185 Å². The molecule has 5 rings (SSSR count). The first-order valence-electron chi connectivity index (χ1n) is 18.4. The number of hydrogen-bond donors (Lipinski definition) is 0. The minimum absolute atomic E-state index is 0.419. The van der Waals surface area contributed by atoms with E-state index in [4.69, 9.17) is 0 Å². The smallest absolute Gasteiger partial charge is 0.0421 e. The monoisotopic (exact) mass is 723 g/mol. The maximum atomic E-state index is 2.98. The van der Waals surface area contributed by atoms with Crippen LogP contribution in [0.15, 0.2) is 48.5 Å². The number of benzene rings is 4. The zero-order chi connectivity index (χ0) is 37.6. The molecule has 0 bridgehead atoms. The van der Waals surface area contributed by atoms with Crippen LogP contribution < -0.4 is 40.8 Å². The van der Waals surface area contributed by atoms with E-state index >= 15 is 0 Å². The molecule has 0 spiro atoms. The number of rotatable bonds is 10. The summed E-state index contributed by atoms with van der Waals surface area (Å²) >= 11 is 0. The van der Waals surface area contributed by atoms with Gasteiger partial charge in [-0.2, -0.15) is 0 Å². The van der Waals surface area contributed by atoms with Crippen molar-refractivity contribution in [3.05, 3.63) is 93.0 Å². The van der Waals surface area contributed by atoms with Crippen molar-refractivity contribution < 1.29 is 0 Å². The number of hydrogen-bond acceptors (Lipinski definition) is 5. The molecule has 0 aliphatic carbocycles. The summed E-state index contributed by atoms with van der Waals surface area (Å²) in [5.41, 5.74) is 16.2. The maximum Gasteiger partial charge on any atom is 0.0421 e. The average Bonchev–Trinajstić information content (AvgIpc) is 3.43. The van der Waals surface area contributed by atoms with Gasteiger partial charge in [0.1, 0.15) is 0 Å². The normalized spacial score (nSPS) is 14.9. The Balaban J connectivity index is 1.79. The van der Waals surface area contributed by atoms with Crippen LogP contribution >= 0.6 is 16.0 Å². The van der Waals surface area contributed by atoms with E-state index in [0.29, 0.717) is 5.78 Å². The maximum absolute atomic E-state index is 2.98. The SMILES string of the molecule is Cc1cc(P(c2cc(C)c(N(C)C)c(C)c2)C2CCCN2P(c2cc(C)c(N(C)C)c(C)c2)c2cc(C)c(N(C)C)c(C)c2)cc(C)c1N(C)C. The lowest BCUT2D eigenvalue weighted by Gasteiger charge is -2.40. The van der Waals surface area contributed by atoms with Gasteiger partial charge in [-0.25, -0.2) is 0 Å². The Labute approximate surface area is 313 Å². The highest BCUT2D eigenvalue weighted by Crippen LogP contribution is 2.56. The molecule has 1 fully saturated rings. The van der Waals surface area contributed by atoms with E-state index in [-0.39, 0.29) is 0 Å². The zero-order valence-corrected chi connectivity index (χ0v) is 36.2. The average molecular weight is 724 g/mol. The summed E-state index contributed by atoms with van der Waals surface area (Å²) in [4.78, 5) is 9.11. The Morgan fingerprint density at radius 2 is 0.686 bits per heavy atom. The number of anilines is 4. The molecule has 4 aromatic rings. The summed E-state index contributed by atoms with van der Waals surface area (Å²) in [5.74, 6) is 0.419. The van der Waals surface area contributed by atoms with Gasteiger partial charge in [0.15, 0.2) is 0 Å². The molecule has 1 heterocycles. The van der Waals surface area contributed by atoms with Crippen molar-refractivity contribution in [2.75, 3.05) is 82.5 Å². The van der Waals surface area contributed by atoms with Crippen molar-refractivity contribution in [2.24, 2.45) is 0 Å². The standard InChI is InChI=1S/C44H63N5P2/c1-28-20-36(21-29(2)41(28)45(9)10)50(37-22-30(3)42(46(11)12)31(4)23-37)40-18-17-19-49(40)51(38-24-32(5)43(47(13)14)33(6)25-38)39-26-34(7)44(48(15)16)35(8)27-39/h20-27,40H,17-19H2,1-16H3. The second-order valence-electron chi connectivity index (χ2n) is 15.8. The van der Waals surface area contributed by atoms with E-state index in [9.17, 15) is 0 Å². The highest BCUT2D eigenvalue weighted by atomic mass is 31.1. The van der Waals surface area contributed by atoms with Crippen molar-refractivity contribution in [2.45, 2.75) is 74.0 Å². The molecule has 0 aromatic heterocycles. The highest BCUT2D eigenvalue weighted by molar-refractivity contribution is 7.75. The van der Waals surface area contributed by atoms with Crippen molar-refractivity contribution in [1.82, 2.24) is 4.67 Å². The minimum atomic E-state index is -0.800. The van der Waals surface area contributed by atoms with Gasteiger partial charge in [-0.05, 0) is 190 Å². The fraction of sp³-hybridized carbons (Fsp3) is 0.455. The molecule has 0 N–H and O–H groups in total. The first-order chi connectivity index (χ1) is 23.9. The van der Waals surface area contributed by atoms with Gasteiger partial charge in [0.2, 0.25) is 0 Å². The van der Waals surface area contributed by atoms with Crippen molar-refractivity contribution in [3.8, 4) is 0 Å². The van der Waals surface area contributed by atoms with Gasteiger partial charge in [0.05, 0.1) is 0 Å². The summed E-state index contributed by atoms with van der Waals surface area (Å²) in [6.45, 7) is 19.5. The molecule has 1 aliphatic rings. The van der Waals surface area contributed by atoms with Crippen LogP contribution in [-0.4, -0.2) is 73.4 Å². The van der Waals surface area contributed by atoms with Crippen LogP contribution in [0, 0.1) is 55.4 Å². The quantitative estimate of drug-likeness (QED) is 0.153. The molecule has 1 atom stereocenters. The highest BCUT2D eigenvalue weighted by Gasteiger charge is 2.40. The number of aryl methyl sites for hydroxylation is 8.